The van der Waals surface area contributed by atoms with Gasteiger partial charge in [-0.25, -0.2) is 14.6 Å². The van der Waals surface area contributed by atoms with Gasteiger partial charge in [0.25, 0.3) is 5.56 Å². The van der Waals surface area contributed by atoms with Gasteiger partial charge >= 0.3 is 11.9 Å². The predicted molar refractivity (Wildman–Crippen MR) is 163 cm³/mol. The predicted octanol–water partition coefficient (Wildman–Crippen LogP) is 3.89. The van der Waals surface area contributed by atoms with Crippen molar-refractivity contribution in [1.29, 1.82) is 0 Å². The lowest BCUT2D eigenvalue weighted by molar-refractivity contribution is -0.145. The summed E-state index contributed by atoms with van der Waals surface area (Å²) in [5.41, 5.74) is 2.32. The van der Waals surface area contributed by atoms with Gasteiger partial charge in [-0.15, -0.1) is 0 Å². The molecule has 0 N–H and O–H groups in total. The summed E-state index contributed by atoms with van der Waals surface area (Å²) in [6.07, 6.45) is 1.70. The van der Waals surface area contributed by atoms with Crippen molar-refractivity contribution >= 4 is 35.0 Å². The molecule has 10 heteroatoms. The molecule has 1 aliphatic heterocycles. The largest absolute Gasteiger partial charge is 0.497 e. The van der Waals surface area contributed by atoms with Crippen LogP contribution in [0.1, 0.15) is 36.6 Å². The van der Waals surface area contributed by atoms with Crippen molar-refractivity contribution in [2.75, 3.05) is 26.9 Å². The molecule has 0 saturated carbocycles. The van der Waals surface area contributed by atoms with Crippen molar-refractivity contribution in [3.8, 4) is 11.5 Å². The molecule has 9 nitrogen and oxygen atoms in total. The van der Waals surface area contributed by atoms with E-state index in [4.69, 9.17) is 23.9 Å². The first kappa shape index (κ1) is 29.5. The second-order valence-corrected chi connectivity index (χ2v) is 10.3. The lowest BCUT2D eigenvalue weighted by Crippen LogP contribution is -2.40. The van der Waals surface area contributed by atoms with E-state index < -0.39 is 18.0 Å². The highest BCUT2D eigenvalue weighted by atomic mass is 32.1. The van der Waals surface area contributed by atoms with Crippen LogP contribution in [-0.2, 0) is 19.1 Å². The first-order valence-corrected chi connectivity index (χ1v) is 14.6. The van der Waals surface area contributed by atoms with E-state index in [-0.39, 0.29) is 31.0 Å². The number of carbonyl (C=O) groups excluding carboxylic acids is 2. The van der Waals surface area contributed by atoms with Gasteiger partial charge in [-0.05, 0) is 43.7 Å². The van der Waals surface area contributed by atoms with Gasteiger partial charge in [0.2, 0.25) is 0 Å². The average Bonchev–Trinajstić information content (AvgIpc) is 3.34. The zero-order valence-corrected chi connectivity index (χ0v) is 24.8. The molecule has 1 unspecified atom stereocenters. The molecular formula is C33H30N2O7S. The number of methoxy groups -OCH3 is 1. The van der Waals surface area contributed by atoms with Crippen LogP contribution < -0.4 is 24.4 Å². The van der Waals surface area contributed by atoms with Gasteiger partial charge in [-0.3, -0.25) is 9.36 Å². The SMILES string of the molecule is CCOC(=O)COc1ccccc1C=c1sc2n(c1=O)C(c1cccc(OC)c1)C(C(=O)OCC)=C(c1ccccc1)N=2. The summed E-state index contributed by atoms with van der Waals surface area (Å²) >= 11 is 1.20. The molecule has 220 valence electrons. The molecule has 1 aliphatic rings. The fourth-order valence-corrected chi connectivity index (χ4v) is 5.77. The van der Waals surface area contributed by atoms with Crippen LogP contribution in [0.3, 0.4) is 0 Å². The molecular weight excluding hydrogens is 568 g/mol. The number of thiazole rings is 1. The van der Waals surface area contributed by atoms with E-state index in [0.29, 0.717) is 43.2 Å². The zero-order valence-electron chi connectivity index (χ0n) is 23.9. The third-order valence-corrected chi connectivity index (χ3v) is 7.62. The van der Waals surface area contributed by atoms with Crippen LogP contribution in [0.4, 0.5) is 0 Å². The maximum absolute atomic E-state index is 14.1. The Morgan fingerprint density at radius 3 is 2.44 bits per heavy atom. The number of aromatic nitrogens is 1. The quantitative estimate of drug-likeness (QED) is 0.255. The standard InChI is InChI=1S/C33H30N2O7S/c1-4-40-27(36)20-42-25-17-10-9-14-22(25)19-26-31(37)35-30(23-15-11-16-24(18-23)39-3)28(32(38)41-5-2)29(34-33(35)43-26)21-12-7-6-8-13-21/h6-19,30H,4-5,20H2,1-3H3. The fourth-order valence-electron chi connectivity index (χ4n) is 4.78. The molecule has 0 radical (unpaired) electrons. The summed E-state index contributed by atoms with van der Waals surface area (Å²) in [4.78, 5) is 44.9. The monoisotopic (exact) mass is 598 g/mol. The van der Waals surface area contributed by atoms with Crippen LogP contribution >= 0.6 is 11.3 Å². The van der Waals surface area contributed by atoms with E-state index in [2.05, 4.69) is 0 Å². The van der Waals surface area contributed by atoms with Crippen LogP contribution in [0.2, 0.25) is 0 Å². The summed E-state index contributed by atoms with van der Waals surface area (Å²) in [6.45, 7) is 3.60. The Morgan fingerprint density at radius 1 is 0.953 bits per heavy atom. The Kier molecular flexibility index (Phi) is 9.17. The minimum atomic E-state index is -0.835. The number of esters is 2. The molecule has 1 aromatic heterocycles. The molecule has 0 fully saturated rings. The lowest BCUT2D eigenvalue weighted by atomic mass is 9.93. The number of nitrogens with zero attached hydrogens (tertiary/aromatic N) is 2. The highest BCUT2D eigenvalue weighted by Gasteiger charge is 2.35. The maximum atomic E-state index is 14.1. The molecule has 43 heavy (non-hydrogen) atoms. The van der Waals surface area contributed by atoms with Crippen molar-refractivity contribution in [1.82, 2.24) is 4.57 Å². The molecule has 2 heterocycles. The van der Waals surface area contributed by atoms with E-state index >= 15 is 0 Å². The summed E-state index contributed by atoms with van der Waals surface area (Å²) in [5.74, 6) is -0.0588. The molecule has 0 aliphatic carbocycles. The molecule has 0 amide bonds. The second-order valence-electron chi connectivity index (χ2n) is 9.34. The topological polar surface area (TPSA) is 105 Å². The highest BCUT2D eigenvalue weighted by molar-refractivity contribution is 7.07. The first-order chi connectivity index (χ1) is 20.9. The van der Waals surface area contributed by atoms with Gasteiger partial charge in [0.1, 0.15) is 11.5 Å². The van der Waals surface area contributed by atoms with E-state index in [9.17, 15) is 14.4 Å². The summed E-state index contributed by atoms with van der Waals surface area (Å²) < 4.78 is 23.6. The van der Waals surface area contributed by atoms with Gasteiger partial charge in [-0.2, -0.15) is 0 Å². The number of benzene rings is 3. The Hall–Kier alpha value is -4.96. The average molecular weight is 599 g/mol. The van der Waals surface area contributed by atoms with Crippen LogP contribution in [-0.4, -0.2) is 43.4 Å². The number of para-hydroxylation sites is 1. The summed E-state index contributed by atoms with van der Waals surface area (Å²) in [7, 11) is 1.56. The van der Waals surface area contributed by atoms with E-state index in [1.165, 1.54) is 15.9 Å². The van der Waals surface area contributed by atoms with Crippen molar-refractivity contribution < 1.29 is 28.5 Å². The van der Waals surface area contributed by atoms with Gasteiger partial charge < -0.3 is 18.9 Å². The van der Waals surface area contributed by atoms with Crippen molar-refractivity contribution in [3.05, 3.63) is 121 Å². The number of ether oxygens (including phenoxy) is 4. The first-order valence-electron chi connectivity index (χ1n) is 13.7. The van der Waals surface area contributed by atoms with Crippen molar-refractivity contribution in [2.24, 2.45) is 4.99 Å². The Labute approximate surface area is 252 Å². The number of carbonyl (C=O) groups is 2. The second kappa shape index (κ2) is 13.3. The molecule has 0 saturated heterocycles. The minimum absolute atomic E-state index is 0.155. The Balaban J connectivity index is 1.73. The normalized spacial score (nSPS) is 14.5. The van der Waals surface area contributed by atoms with Gasteiger partial charge in [0.15, 0.2) is 11.4 Å². The van der Waals surface area contributed by atoms with Gasteiger partial charge in [0, 0.05) is 11.1 Å². The smallest absolute Gasteiger partial charge is 0.344 e. The van der Waals surface area contributed by atoms with Crippen molar-refractivity contribution in [3.63, 3.8) is 0 Å². The minimum Gasteiger partial charge on any atom is -0.497 e. The number of rotatable bonds is 10. The summed E-state index contributed by atoms with van der Waals surface area (Å²) in [5, 5.41) is 0. The summed E-state index contributed by atoms with van der Waals surface area (Å²) in [6, 6.07) is 22.9. The number of hydrogen-bond acceptors (Lipinski definition) is 9. The van der Waals surface area contributed by atoms with Crippen molar-refractivity contribution in [2.45, 2.75) is 19.9 Å². The van der Waals surface area contributed by atoms with Crippen LogP contribution in [0.25, 0.3) is 11.8 Å². The molecule has 4 aromatic rings. The van der Waals surface area contributed by atoms with E-state index in [0.717, 1.165) is 0 Å². The zero-order chi connectivity index (χ0) is 30.3. The highest BCUT2D eigenvalue weighted by Crippen LogP contribution is 2.36. The van der Waals surface area contributed by atoms with Crippen LogP contribution in [0.5, 0.6) is 11.5 Å². The molecule has 5 rings (SSSR count). The van der Waals surface area contributed by atoms with Crippen LogP contribution in [0, 0.1) is 0 Å². The number of fused-ring (bicyclic) bond motifs is 1. The fraction of sp³-hybridized carbons (Fsp3) is 0.212. The molecule has 0 bridgehead atoms. The van der Waals surface area contributed by atoms with E-state index in [1.807, 2.05) is 48.5 Å². The maximum Gasteiger partial charge on any atom is 0.344 e. The number of hydrogen-bond donors (Lipinski definition) is 0. The van der Waals surface area contributed by atoms with Gasteiger partial charge in [-0.1, -0.05) is 72.0 Å². The Bertz CT molecular complexity index is 1860. The third-order valence-electron chi connectivity index (χ3n) is 6.64. The van der Waals surface area contributed by atoms with E-state index in [1.54, 1.807) is 57.4 Å². The molecule has 1 atom stereocenters. The Morgan fingerprint density at radius 2 is 1.70 bits per heavy atom. The molecule has 0 spiro atoms. The molecule has 3 aromatic carbocycles. The van der Waals surface area contributed by atoms with Crippen LogP contribution in [0.15, 0.2) is 94.2 Å². The lowest BCUT2D eigenvalue weighted by Gasteiger charge is -2.26. The van der Waals surface area contributed by atoms with Gasteiger partial charge in [0.05, 0.1) is 42.2 Å². The third kappa shape index (κ3) is 6.29.